The van der Waals surface area contributed by atoms with Gasteiger partial charge in [0, 0.05) is 48.4 Å². The number of nitrogens with zero attached hydrogens (tertiary/aromatic N) is 2. The van der Waals surface area contributed by atoms with E-state index in [1.54, 1.807) is 35.1 Å². The number of fused-ring (bicyclic) bond motifs is 1. The van der Waals surface area contributed by atoms with Crippen LogP contribution in [0.25, 0.3) is 0 Å². The first-order valence-electron chi connectivity index (χ1n) is 26.8. The number of aryl methyl sites for hydroxylation is 4. The predicted octanol–water partition coefficient (Wildman–Crippen LogP) is 11.2. The van der Waals surface area contributed by atoms with Gasteiger partial charge in [-0.1, -0.05) is 81.7 Å². The van der Waals surface area contributed by atoms with Crippen LogP contribution in [0.1, 0.15) is 170 Å². The fourth-order valence-corrected chi connectivity index (χ4v) is 10.7. The van der Waals surface area contributed by atoms with Gasteiger partial charge in [0.2, 0.25) is 17.7 Å². The van der Waals surface area contributed by atoms with E-state index < -0.39 is 24.2 Å². The van der Waals surface area contributed by atoms with Gasteiger partial charge in [-0.15, -0.1) is 0 Å². The van der Waals surface area contributed by atoms with Gasteiger partial charge in [0.15, 0.2) is 5.78 Å². The zero-order valence-corrected chi connectivity index (χ0v) is 44.4. The monoisotopic (exact) mass is 1010 g/mol. The Morgan fingerprint density at radius 3 is 2.23 bits per heavy atom. The van der Waals surface area contributed by atoms with E-state index in [9.17, 15) is 28.8 Å². The summed E-state index contributed by atoms with van der Waals surface area (Å²) in [7, 11) is 1.65. The van der Waals surface area contributed by atoms with E-state index in [4.69, 9.17) is 14.2 Å². The SMILES string of the molecule is C=C1CCC(N2Cc3c(NC(=O)CCCCCCCCC(=O)COc4ccc([C@@H](CCc5ccc(OC)c(C)c5)OC(=O)[C@@H]5CCCCN5C(=O)[C@@H](CC)c5cc(C)c(C)c(C)c5)cc4)cccc3C2=O)C(=O)N1. The summed E-state index contributed by atoms with van der Waals surface area (Å²) in [4.78, 5) is 83.6. The Bertz CT molecular complexity index is 2670. The molecular formula is C61H76N4O9. The van der Waals surface area contributed by atoms with E-state index >= 15 is 0 Å². The number of ether oxygens (including phenoxy) is 3. The molecule has 0 aromatic heterocycles. The molecule has 3 aliphatic rings. The number of benzene rings is 4. The second-order valence-electron chi connectivity index (χ2n) is 20.5. The molecule has 0 aliphatic carbocycles. The van der Waals surface area contributed by atoms with Crippen molar-refractivity contribution in [2.45, 2.75) is 168 Å². The summed E-state index contributed by atoms with van der Waals surface area (Å²) in [5.74, 6) is 0.0549. The molecule has 4 amide bonds. The van der Waals surface area contributed by atoms with Crippen LogP contribution < -0.4 is 20.1 Å². The number of carbonyl (C=O) groups is 6. The second kappa shape index (κ2) is 25.9. The Labute approximate surface area is 437 Å². The van der Waals surface area contributed by atoms with Crippen molar-refractivity contribution in [2.24, 2.45) is 0 Å². The van der Waals surface area contributed by atoms with Gasteiger partial charge in [-0.25, -0.2) is 4.79 Å². The number of likely N-dealkylation sites (tertiary alicyclic amines) is 1. The van der Waals surface area contributed by atoms with E-state index in [-0.39, 0.29) is 48.5 Å². The lowest BCUT2D eigenvalue weighted by atomic mass is 9.89. The van der Waals surface area contributed by atoms with Crippen molar-refractivity contribution in [3.8, 4) is 11.5 Å². The van der Waals surface area contributed by atoms with Crippen molar-refractivity contribution in [1.82, 2.24) is 15.1 Å². The first kappa shape index (κ1) is 55.0. The smallest absolute Gasteiger partial charge is 0.329 e. The number of amides is 4. The topological polar surface area (TPSA) is 161 Å². The molecular weight excluding hydrogens is 933 g/mol. The van der Waals surface area contributed by atoms with Crippen LogP contribution in [0.4, 0.5) is 5.69 Å². The summed E-state index contributed by atoms with van der Waals surface area (Å²) in [6, 6.07) is 21.8. The molecule has 2 N–H and O–H groups in total. The van der Waals surface area contributed by atoms with Crippen LogP contribution in [0.5, 0.6) is 11.5 Å². The number of unbranched alkanes of at least 4 members (excludes halogenated alkanes) is 5. The van der Waals surface area contributed by atoms with Gasteiger partial charge in [0.05, 0.1) is 13.0 Å². The summed E-state index contributed by atoms with van der Waals surface area (Å²) in [6.07, 6.45) is 10.5. The highest BCUT2D eigenvalue weighted by Gasteiger charge is 2.40. The second-order valence-corrected chi connectivity index (χ2v) is 20.5. The van der Waals surface area contributed by atoms with Crippen molar-refractivity contribution in [3.05, 3.63) is 135 Å². The molecule has 13 heteroatoms. The average molecular weight is 1010 g/mol. The van der Waals surface area contributed by atoms with Gasteiger partial charge in [0.25, 0.3) is 5.91 Å². The molecule has 3 aliphatic heterocycles. The molecule has 1 unspecified atom stereocenters. The number of methoxy groups -OCH3 is 1. The number of piperidine rings is 2. The molecule has 74 heavy (non-hydrogen) atoms. The van der Waals surface area contributed by atoms with Crippen molar-refractivity contribution >= 4 is 41.1 Å². The van der Waals surface area contributed by atoms with Crippen molar-refractivity contribution in [3.63, 3.8) is 0 Å². The Morgan fingerprint density at radius 2 is 1.54 bits per heavy atom. The van der Waals surface area contributed by atoms with Crippen LogP contribution in [-0.4, -0.2) is 77.5 Å². The van der Waals surface area contributed by atoms with Gasteiger partial charge < -0.3 is 34.6 Å². The largest absolute Gasteiger partial charge is 0.496 e. The Morgan fingerprint density at radius 1 is 0.824 bits per heavy atom. The molecule has 394 valence electrons. The number of anilines is 1. The molecule has 0 spiro atoms. The van der Waals surface area contributed by atoms with Crippen LogP contribution in [-0.2, 0) is 41.7 Å². The zero-order valence-electron chi connectivity index (χ0n) is 44.4. The van der Waals surface area contributed by atoms with E-state index in [1.807, 2.05) is 50.2 Å². The number of carbonyl (C=O) groups excluding carboxylic acids is 6. The number of hydrogen-bond acceptors (Lipinski definition) is 9. The summed E-state index contributed by atoms with van der Waals surface area (Å²) >= 11 is 0. The van der Waals surface area contributed by atoms with E-state index in [0.29, 0.717) is 80.6 Å². The lowest BCUT2D eigenvalue weighted by Gasteiger charge is -2.37. The normalized spacial score (nSPS) is 17.3. The Hall–Kier alpha value is -6.76. The van der Waals surface area contributed by atoms with Crippen molar-refractivity contribution in [2.75, 3.05) is 25.6 Å². The van der Waals surface area contributed by atoms with Crippen LogP contribution in [0.15, 0.2) is 85.1 Å². The Balaban J connectivity index is 0.855. The minimum Gasteiger partial charge on any atom is -0.496 e. The zero-order chi connectivity index (χ0) is 52.9. The van der Waals surface area contributed by atoms with Gasteiger partial charge >= 0.3 is 5.97 Å². The molecule has 0 bridgehead atoms. The fourth-order valence-electron chi connectivity index (χ4n) is 10.7. The lowest BCUT2D eigenvalue weighted by Crippen LogP contribution is -2.50. The molecule has 4 atom stereocenters. The van der Waals surface area contributed by atoms with E-state index in [0.717, 1.165) is 96.1 Å². The fraction of sp³-hybridized carbons (Fsp3) is 0.475. The maximum Gasteiger partial charge on any atom is 0.329 e. The van der Waals surface area contributed by atoms with Gasteiger partial charge in [0.1, 0.15) is 36.3 Å². The average Bonchev–Trinajstić information content (AvgIpc) is 3.73. The third kappa shape index (κ3) is 13.9. The Kier molecular flexibility index (Phi) is 19.3. The van der Waals surface area contributed by atoms with Crippen LogP contribution in [0.3, 0.4) is 0 Å². The molecule has 4 aromatic carbocycles. The van der Waals surface area contributed by atoms with E-state index in [1.165, 1.54) is 5.56 Å². The third-order valence-electron chi connectivity index (χ3n) is 15.3. The molecule has 7 rings (SSSR count). The maximum atomic E-state index is 14.4. The molecule has 0 saturated carbocycles. The number of rotatable bonds is 24. The quantitative estimate of drug-likeness (QED) is 0.0514. The highest BCUT2D eigenvalue weighted by molar-refractivity contribution is 6.04. The van der Waals surface area contributed by atoms with Crippen molar-refractivity contribution < 1.29 is 43.0 Å². The first-order valence-corrected chi connectivity index (χ1v) is 26.8. The standard InChI is InChI=1S/C61H76N4O9/c1-8-49(46-35-39(2)43(6)40(3)36-46)59(69)64-33-16-15-21-54(64)61(71)74-56(32-25-44-24-31-55(72-7)41(4)34-44)45-26-28-48(29-27-45)73-38-47(66)18-13-11-9-10-12-14-22-57(67)63-52-20-17-19-50-51(52)37-65(60(50)70)53-30-23-42(5)62-58(53)68/h17,19-20,24,26-29,31,34-36,49,53-54,56H,5,8-16,18,21-23,25,30,32-33,37-38H2,1-4,6-7H3,(H,62,68)(H,63,67)/t49-,53?,54-,56+/m0/s1. The minimum atomic E-state index is -0.678. The van der Waals surface area contributed by atoms with Crippen LogP contribution in [0.2, 0.25) is 0 Å². The highest BCUT2D eigenvalue weighted by Crippen LogP contribution is 2.35. The maximum absolute atomic E-state index is 14.4. The highest BCUT2D eigenvalue weighted by atomic mass is 16.5. The van der Waals surface area contributed by atoms with E-state index in [2.05, 4.69) is 56.2 Å². The molecule has 0 radical (unpaired) electrons. The molecule has 2 saturated heterocycles. The molecule has 2 fully saturated rings. The summed E-state index contributed by atoms with van der Waals surface area (Å²) in [6.45, 7) is 14.9. The number of nitrogens with one attached hydrogen (secondary N) is 2. The number of esters is 1. The summed E-state index contributed by atoms with van der Waals surface area (Å²) in [5, 5.41) is 5.75. The molecule has 3 heterocycles. The lowest BCUT2D eigenvalue weighted by molar-refractivity contribution is -0.162. The molecule has 13 nitrogen and oxygen atoms in total. The first-order chi connectivity index (χ1) is 35.6. The number of allylic oxidation sites excluding steroid dienone is 1. The number of hydrogen-bond donors (Lipinski definition) is 2. The summed E-state index contributed by atoms with van der Waals surface area (Å²) in [5.41, 5.74) is 9.94. The molecule has 4 aromatic rings. The number of Topliss-reactive ketones (excluding diaryl/α,β-unsaturated/α-hetero) is 1. The van der Waals surface area contributed by atoms with Gasteiger partial charge in [-0.05, 0) is 161 Å². The van der Waals surface area contributed by atoms with Crippen molar-refractivity contribution in [1.29, 1.82) is 0 Å². The van der Waals surface area contributed by atoms with Gasteiger partial charge in [-0.3, -0.25) is 24.0 Å². The minimum absolute atomic E-state index is 0.0157. The van der Waals surface area contributed by atoms with Crippen LogP contribution in [0, 0.1) is 27.7 Å². The summed E-state index contributed by atoms with van der Waals surface area (Å²) < 4.78 is 17.8. The predicted molar refractivity (Wildman–Crippen MR) is 287 cm³/mol. The van der Waals surface area contributed by atoms with Gasteiger partial charge in [-0.2, -0.15) is 0 Å². The van der Waals surface area contributed by atoms with Crippen LogP contribution >= 0.6 is 0 Å². The number of ketones is 1. The third-order valence-corrected chi connectivity index (χ3v) is 15.3.